The Labute approximate surface area is 131 Å². The van der Waals surface area contributed by atoms with Crippen molar-refractivity contribution in [1.29, 1.82) is 0 Å². The lowest BCUT2D eigenvalue weighted by molar-refractivity contribution is -0.142. The Morgan fingerprint density at radius 3 is 2.33 bits per heavy atom. The fourth-order valence-corrected chi connectivity index (χ4v) is 2.42. The van der Waals surface area contributed by atoms with Crippen molar-refractivity contribution in [2.45, 2.75) is 32.7 Å². The third-order valence-corrected chi connectivity index (χ3v) is 3.68. The van der Waals surface area contributed by atoms with Crippen LogP contribution in [-0.4, -0.2) is 28.8 Å². The summed E-state index contributed by atoms with van der Waals surface area (Å²) in [5.74, 6) is -0.981. The summed E-state index contributed by atoms with van der Waals surface area (Å²) in [4.78, 5) is 23.5. The normalized spacial score (nSPS) is 13.7. The van der Waals surface area contributed by atoms with Crippen molar-refractivity contribution in [3.63, 3.8) is 0 Å². The largest absolute Gasteiger partial charge is 0.480 e. The molecule has 0 aliphatic carbocycles. The van der Waals surface area contributed by atoms with Crippen LogP contribution in [-0.2, 0) is 16.0 Å². The molecule has 0 aliphatic rings. The molecule has 21 heavy (non-hydrogen) atoms. The summed E-state index contributed by atoms with van der Waals surface area (Å²) in [6, 6.07) is 8.82. The van der Waals surface area contributed by atoms with Gasteiger partial charge in [-0.2, -0.15) is 12.6 Å². The van der Waals surface area contributed by atoms with Gasteiger partial charge in [0.15, 0.2) is 0 Å². The highest BCUT2D eigenvalue weighted by molar-refractivity contribution is 7.80. The molecule has 0 aliphatic heterocycles. The fourth-order valence-electron chi connectivity index (χ4n) is 2.12. The van der Waals surface area contributed by atoms with Gasteiger partial charge >= 0.3 is 5.97 Å². The van der Waals surface area contributed by atoms with Crippen LogP contribution in [0.1, 0.15) is 25.8 Å². The number of rotatable bonds is 8. The highest BCUT2D eigenvalue weighted by atomic mass is 32.1. The number of carbonyl (C=O) groups excluding carboxylic acids is 1. The SMILES string of the molecule is CC(C)C[C@@H](NC(=O)[C@@H](CS)Cc1ccccc1)C(=O)O. The zero-order valence-corrected chi connectivity index (χ0v) is 13.3. The molecule has 116 valence electrons. The summed E-state index contributed by atoms with van der Waals surface area (Å²) < 4.78 is 0. The van der Waals surface area contributed by atoms with Crippen LogP contribution >= 0.6 is 12.6 Å². The number of nitrogens with one attached hydrogen (secondary N) is 1. The minimum absolute atomic E-state index is 0.204. The lowest BCUT2D eigenvalue weighted by Crippen LogP contribution is -2.45. The van der Waals surface area contributed by atoms with E-state index in [0.29, 0.717) is 18.6 Å². The van der Waals surface area contributed by atoms with E-state index in [9.17, 15) is 14.7 Å². The van der Waals surface area contributed by atoms with Crippen molar-refractivity contribution in [3.8, 4) is 0 Å². The van der Waals surface area contributed by atoms with Gasteiger partial charge in [0.25, 0.3) is 0 Å². The molecular formula is C16H23NO3S. The fraction of sp³-hybridized carbons (Fsp3) is 0.500. The van der Waals surface area contributed by atoms with E-state index in [-0.39, 0.29) is 17.7 Å². The van der Waals surface area contributed by atoms with Crippen LogP contribution in [0.4, 0.5) is 0 Å². The van der Waals surface area contributed by atoms with E-state index in [1.54, 1.807) is 0 Å². The molecule has 0 unspecified atom stereocenters. The molecule has 4 nitrogen and oxygen atoms in total. The van der Waals surface area contributed by atoms with E-state index in [2.05, 4.69) is 17.9 Å². The number of carboxylic acids is 1. The summed E-state index contributed by atoms with van der Waals surface area (Å²) in [7, 11) is 0. The third kappa shape index (κ3) is 6.21. The first-order chi connectivity index (χ1) is 9.93. The van der Waals surface area contributed by atoms with Gasteiger partial charge in [-0.15, -0.1) is 0 Å². The number of hydrogen-bond acceptors (Lipinski definition) is 3. The Morgan fingerprint density at radius 2 is 1.86 bits per heavy atom. The number of hydrogen-bond donors (Lipinski definition) is 3. The molecule has 2 N–H and O–H groups in total. The number of carboxylic acid groups (broad SMARTS) is 1. The first-order valence-corrected chi connectivity index (χ1v) is 7.75. The van der Waals surface area contributed by atoms with Gasteiger partial charge in [0.05, 0.1) is 5.92 Å². The number of thiol groups is 1. The zero-order valence-electron chi connectivity index (χ0n) is 12.5. The minimum atomic E-state index is -0.991. The summed E-state index contributed by atoms with van der Waals surface area (Å²) in [6.45, 7) is 3.87. The van der Waals surface area contributed by atoms with Crippen LogP contribution < -0.4 is 5.32 Å². The van der Waals surface area contributed by atoms with E-state index in [1.165, 1.54) is 0 Å². The quantitative estimate of drug-likeness (QED) is 0.646. The van der Waals surface area contributed by atoms with Crippen molar-refractivity contribution in [2.75, 3.05) is 5.75 Å². The van der Waals surface area contributed by atoms with Crippen LogP contribution in [0.25, 0.3) is 0 Å². The maximum absolute atomic E-state index is 12.3. The number of benzene rings is 1. The van der Waals surface area contributed by atoms with Crippen molar-refractivity contribution >= 4 is 24.5 Å². The summed E-state index contributed by atoms with van der Waals surface area (Å²) in [5, 5.41) is 11.8. The van der Waals surface area contributed by atoms with E-state index < -0.39 is 12.0 Å². The van der Waals surface area contributed by atoms with Gasteiger partial charge in [-0.25, -0.2) is 4.79 Å². The van der Waals surface area contributed by atoms with Crippen LogP contribution in [0.3, 0.4) is 0 Å². The van der Waals surface area contributed by atoms with Gasteiger partial charge in [0.2, 0.25) is 5.91 Å². The Morgan fingerprint density at radius 1 is 1.24 bits per heavy atom. The van der Waals surface area contributed by atoms with E-state index in [0.717, 1.165) is 5.56 Å². The van der Waals surface area contributed by atoms with E-state index >= 15 is 0 Å². The molecule has 0 fully saturated rings. The molecule has 0 radical (unpaired) electrons. The molecule has 0 saturated carbocycles. The second-order valence-corrected chi connectivity index (χ2v) is 5.96. The lowest BCUT2D eigenvalue weighted by atomic mass is 9.98. The van der Waals surface area contributed by atoms with Crippen molar-refractivity contribution in [3.05, 3.63) is 35.9 Å². The van der Waals surface area contributed by atoms with Gasteiger partial charge in [-0.05, 0) is 24.3 Å². The second-order valence-electron chi connectivity index (χ2n) is 5.60. The van der Waals surface area contributed by atoms with Crippen molar-refractivity contribution < 1.29 is 14.7 Å². The molecule has 5 heteroatoms. The first kappa shape index (κ1) is 17.6. The van der Waals surface area contributed by atoms with Crippen LogP contribution in [0, 0.1) is 11.8 Å². The van der Waals surface area contributed by atoms with E-state index in [1.807, 2.05) is 44.2 Å². The highest BCUT2D eigenvalue weighted by Gasteiger charge is 2.25. The Balaban J connectivity index is 2.67. The summed E-state index contributed by atoms with van der Waals surface area (Å²) in [6.07, 6.45) is 0.982. The second kappa shape index (κ2) is 8.72. The van der Waals surface area contributed by atoms with Crippen molar-refractivity contribution in [1.82, 2.24) is 5.32 Å². The van der Waals surface area contributed by atoms with Crippen LogP contribution in [0.5, 0.6) is 0 Å². The molecule has 1 rings (SSSR count). The molecular weight excluding hydrogens is 286 g/mol. The van der Waals surface area contributed by atoms with Gasteiger partial charge in [-0.3, -0.25) is 4.79 Å². The monoisotopic (exact) mass is 309 g/mol. The van der Waals surface area contributed by atoms with Gasteiger partial charge in [0, 0.05) is 5.75 Å². The Bertz CT molecular complexity index is 462. The van der Waals surface area contributed by atoms with Crippen molar-refractivity contribution in [2.24, 2.45) is 11.8 Å². The third-order valence-electron chi connectivity index (χ3n) is 3.24. The molecule has 0 saturated heterocycles. The predicted molar refractivity (Wildman–Crippen MR) is 86.5 cm³/mol. The molecule has 1 aromatic carbocycles. The standard InChI is InChI=1S/C16H23NO3S/c1-11(2)8-14(16(19)20)17-15(18)13(10-21)9-12-6-4-3-5-7-12/h3-7,11,13-14,21H,8-10H2,1-2H3,(H,17,18)(H,19,20)/t13-,14-/m1/s1. The summed E-state index contributed by atoms with van der Waals surface area (Å²) in [5.41, 5.74) is 1.04. The molecule has 1 aromatic rings. The Hall–Kier alpha value is -1.49. The summed E-state index contributed by atoms with van der Waals surface area (Å²) >= 11 is 4.22. The Kier molecular flexibility index (Phi) is 7.29. The van der Waals surface area contributed by atoms with Gasteiger partial charge in [-0.1, -0.05) is 44.2 Å². The maximum atomic E-state index is 12.3. The number of amides is 1. The lowest BCUT2D eigenvalue weighted by Gasteiger charge is -2.20. The van der Waals surface area contributed by atoms with Crippen LogP contribution in [0.15, 0.2) is 30.3 Å². The van der Waals surface area contributed by atoms with Gasteiger partial charge in [0.1, 0.15) is 6.04 Å². The maximum Gasteiger partial charge on any atom is 0.326 e. The molecule has 0 spiro atoms. The average molecular weight is 309 g/mol. The molecule has 0 heterocycles. The average Bonchev–Trinajstić information content (AvgIpc) is 2.44. The highest BCUT2D eigenvalue weighted by Crippen LogP contribution is 2.12. The molecule has 0 bridgehead atoms. The minimum Gasteiger partial charge on any atom is -0.480 e. The zero-order chi connectivity index (χ0) is 15.8. The topological polar surface area (TPSA) is 66.4 Å². The molecule has 1 amide bonds. The number of aliphatic carboxylic acids is 1. The number of carbonyl (C=O) groups is 2. The molecule has 0 aromatic heterocycles. The predicted octanol–water partition coefficient (Wildman–Crippen LogP) is 2.39. The van der Waals surface area contributed by atoms with E-state index in [4.69, 9.17) is 0 Å². The first-order valence-electron chi connectivity index (χ1n) is 7.12. The smallest absolute Gasteiger partial charge is 0.326 e. The molecule has 2 atom stereocenters. The van der Waals surface area contributed by atoms with Crippen LogP contribution in [0.2, 0.25) is 0 Å². The van der Waals surface area contributed by atoms with Gasteiger partial charge < -0.3 is 10.4 Å².